The molecule has 0 bridgehead atoms. The number of benzene rings is 2. The monoisotopic (exact) mass is 410 g/mol. The van der Waals surface area contributed by atoms with Crippen LogP contribution in [0.2, 0.25) is 0 Å². The van der Waals surface area contributed by atoms with Crippen LogP contribution in [0.15, 0.2) is 59.5 Å². The van der Waals surface area contributed by atoms with Crippen molar-refractivity contribution in [3.8, 4) is 5.75 Å². The summed E-state index contributed by atoms with van der Waals surface area (Å²) in [5.74, 6) is -0.498. The average Bonchev–Trinajstić information content (AvgIpc) is 3.18. The number of halogens is 2. The zero-order chi connectivity index (χ0) is 20.1. The summed E-state index contributed by atoms with van der Waals surface area (Å²) in [6, 6.07) is 13.2. The molecular formula is C19H20F2N2O4S. The smallest absolute Gasteiger partial charge is 0.387 e. The zero-order valence-electron chi connectivity index (χ0n) is 14.9. The molecule has 3 rings (SSSR count). The summed E-state index contributed by atoms with van der Waals surface area (Å²) in [6.07, 6.45) is 0.961. The Hall–Kier alpha value is -2.52. The number of carbonyl (C=O) groups excluding carboxylic acids is 1. The van der Waals surface area contributed by atoms with E-state index in [1.165, 1.54) is 22.5 Å². The van der Waals surface area contributed by atoms with E-state index < -0.39 is 28.6 Å². The molecule has 28 heavy (non-hydrogen) atoms. The first kappa shape index (κ1) is 20.2. The number of amides is 1. The molecule has 0 radical (unpaired) electrons. The summed E-state index contributed by atoms with van der Waals surface area (Å²) in [6.45, 7) is -2.77. The van der Waals surface area contributed by atoms with Gasteiger partial charge in [-0.15, -0.1) is 0 Å². The molecule has 1 saturated heterocycles. The van der Waals surface area contributed by atoms with Gasteiger partial charge >= 0.3 is 6.61 Å². The molecule has 2 aromatic carbocycles. The van der Waals surface area contributed by atoms with Crippen LogP contribution in [0.4, 0.5) is 8.78 Å². The lowest BCUT2D eigenvalue weighted by Gasteiger charge is -2.23. The van der Waals surface area contributed by atoms with Crippen LogP contribution in [0, 0.1) is 0 Å². The van der Waals surface area contributed by atoms with E-state index in [9.17, 15) is 22.0 Å². The predicted molar refractivity (Wildman–Crippen MR) is 98.3 cm³/mol. The van der Waals surface area contributed by atoms with Crippen molar-refractivity contribution in [2.45, 2.75) is 36.9 Å². The van der Waals surface area contributed by atoms with Gasteiger partial charge < -0.3 is 10.1 Å². The van der Waals surface area contributed by atoms with E-state index >= 15 is 0 Å². The molecule has 1 aliphatic rings. The van der Waals surface area contributed by atoms with E-state index in [-0.39, 0.29) is 23.7 Å². The number of rotatable bonds is 7. The highest BCUT2D eigenvalue weighted by Crippen LogP contribution is 2.26. The Morgan fingerprint density at radius 2 is 1.82 bits per heavy atom. The fraction of sp³-hybridized carbons (Fsp3) is 0.316. The van der Waals surface area contributed by atoms with Gasteiger partial charge in [0.25, 0.3) is 0 Å². The summed E-state index contributed by atoms with van der Waals surface area (Å²) in [7, 11) is -3.79. The largest absolute Gasteiger partial charge is 0.434 e. The lowest BCUT2D eigenvalue weighted by Crippen LogP contribution is -2.45. The summed E-state index contributed by atoms with van der Waals surface area (Å²) < 4.78 is 56.3. The van der Waals surface area contributed by atoms with E-state index in [0.717, 1.165) is 0 Å². The van der Waals surface area contributed by atoms with E-state index in [0.29, 0.717) is 18.4 Å². The lowest BCUT2D eigenvalue weighted by atomic mass is 10.2. The molecule has 6 nitrogen and oxygen atoms in total. The maximum Gasteiger partial charge on any atom is 0.387 e. The second kappa shape index (κ2) is 8.66. The maximum atomic E-state index is 12.8. The molecule has 1 unspecified atom stereocenters. The molecule has 1 fully saturated rings. The van der Waals surface area contributed by atoms with E-state index in [1.54, 1.807) is 36.4 Å². The van der Waals surface area contributed by atoms with Crippen molar-refractivity contribution in [2.24, 2.45) is 0 Å². The van der Waals surface area contributed by atoms with Crippen LogP contribution in [0.1, 0.15) is 18.4 Å². The summed E-state index contributed by atoms with van der Waals surface area (Å²) >= 11 is 0. The molecule has 1 atom stereocenters. The van der Waals surface area contributed by atoms with Gasteiger partial charge in [-0.2, -0.15) is 13.1 Å². The average molecular weight is 410 g/mol. The van der Waals surface area contributed by atoms with E-state index in [2.05, 4.69) is 10.1 Å². The first-order chi connectivity index (χ1) is 13.4. The highest BCUT2D eigenvalue weighted by molar-refractivity contribution is 7.89. The van der Waals surface area contributed by atoms with Gasteiger partial charge in [-0.1, -0.05) is 36.4 Å². The van der Waals surface area contributed by atoms with E-state index in [4.69, 9.17) is 0 Å². The molecule has 150 valence electrons. The number of alkyl halides is 2. The molecule has 1 aliphatic heterocycles. The molecular weight excluding hydrogens is 390 g/mol. The standard InChI is InChI=1S/C19H20F2N2O4S/c20-19(21)27-17-11-5-4-7-14(17)13-22-18(24)16-10-6-12-23(16)28(25,26)15-8-2-1-3-9-15/h1-5,7-9,11,16,19H,6,10,12-13H2,(H,22,24). The Balaban J connectivity index is 1.71. The Morgan fingerprint density at radius 3 is 2.54 bits per heavy atom. The van der Waals surface area contributed by atoms with Crippen LogP contribution >= 0.6 is 0 Å². The fourth-order valence-electron chi connectivity index (χ4n) is 3.18. The van der Waals surface area contributed by atoms with Crippen molar-refractivity contribution in [1.82, 2.24) is 9.62 Å². The van der Waals surface area contributed by atoms with Crippen molar-refractivity contribution in [2.75, 3.05) is 6.54 Å². The first-order valence-electron chi connectivity index (χ1n) is 8.77. The van der Waals surface area contributed by atoms with Crippen molar-refractivity contribution in [3.63, 3.8) is 0 Å². The highest BCUT2D eigenvalue weighted by atomic mass is 32.2. The van der Waals surface area contributed by atoms with Gasteiger partial charge in [-0.3, -0.25) is 4.79 Å². The highest BCUT2D eigenvalue weighted by Gasteiger charge is 2.39. The number of sulfonamides is 1. The SMILES string of the molecule is O=C(NCc1ccccc1OC(F)F)C1CCCN1S(=O)(=O)c1ccccc1. The molecule has 0 saturated carbocycles. The second-order valence-electron chi connectivity index (χ2n) is 6.29. The number of ether oxygens (including phenoxy) is 1. The molecule has 0 aromatic heterocycles. The molecule has 0 spiro atoms. The molecule has 0 aliphatic carbocycles. The quantitative estimate of drug-likeness (QED) is 0.762. The van der Waals surface area contributed by atoms with Crippen LogP contribution in [-0.2, 0) is 21.4 Å². The Labute approximate surface area is 162 Å². The first-order valence-corrected chi connectivity index (χ1v) is 10.2. The second-order valence-corrected chi connectivity index (χ2v) is 8.18. The number of hydrogen-bond acceptors (Lipinski definition) is 4. The number of para-hydroxylation sites is 1. The van der Waals surface area contributed by atoms with Crippen LogP contribution < -0.4 is 10.1 Å². The fourth-order valence-corrected chi connectivity index (χ4v) is 4.86. The minimum atomic E-state index is -3.79. The number of hydrogen-bond donors (Lipinski definition) is 1. The molecule has 1 heterocycles. The summed E-state index contributed by atoms with van der Waals surface area (Å²) in [5, 5.41) is 2.64. The van der Waals surface area contributed by atoms with Crippen molar-refractivity contribution in [1.29, 1.82) is 0 Å². The minimum absolute atomic E-state index is 0.0296. The molecule has 2 aromatic rings. The van der Waals surface area contributed by atoms with Crippen LogP contribution in [0.5, 0.6) is 5.75 Å². The van der Waals surface area contributed by atoms with Crippen molar-refractivity contribution in [3.05, 3.63) is 60.2 Å². The number of nitrogens with one attached hydrogen (secondary N) is 1. The third-order valence-electron chi connectivity index (χ3n) is 4.50. The van der Waals surface area contributed by atoms with Crippen LogP contribution in [0.25, 0.3) is 0 Å². The topological polar surface area (TPSA) is 75.7 Å². The lowest BCUT2D eigenvalue weighted by molar-refractivity contribution is -0.124. The van der Waals surface area contributed by atoms with Crippen molar-refractivity contribution < 1.29 is 26.7 Å². The normalized spacial score (nSPS) is 17.6. The number of nitrogens with zero attached hydrogens (tertiary/aromatic N) is 1. The van der Waals surface area contributed by atoms with Crippen LogP contribution in [0.3, 0.4) is 0 Å². The third kappa shape index (κ3) is 4.48. The van der Waals surface area contributed by atoms with Gasteiger partial charge in [0.05, 0.1) is 4.90 Å². The molecule has 1 amide bonds. The Morgan fingerprint density at radius 1 is 1.14 bits per heavy atom. The van der Waals surface area contributed by atoms with Gasteiger partial charge in [0, 0.05) is 18.7 Å². The zero-order valence-corrected chi connectivity index (χ0v) is 15.7. The van der Waals surface area contributed by atoms with Gasteiger partial charge in [0.1, 0.15) is 11.8 Å². The Bertz CT molecular complexity index is 923. The van der Waals surface area contributed by atoms with Crippen molar-refractivity contribution >= 4 is 15.9 Å². The summed E-state index contributed by atoms with van der Waals surface area (Å²) in [4.78, 5) is 12.8. The van der Waals surface area contributed by atoms with E-state index in [1.807, 2.05) is 0 Å². The third-order valence-corrected chi connectivity index (χ3v) is 6.42. The van der Waals surface area contributed by atoms with Gasteiger partial charge in [-0.05, 0) is 31.0 Å². The molecule has 1 N–H and O–H groups in total. The number of carbonyl (C=O) groups is 1. The summed E-state index contributed by atoms with van der Waals surface area (Å²) in [5.41, 5.74) is 0.381. The Kier molecular flexibility index (Phi) is 6.25. The maximum absolute atomic E-state index is 12.8. The predicted octanol–water partition coefficient (Wildman–Crippen LogP) is 2.76. The van der Waals surface area contributed by atoms with Gasteiger partial charge in [0.2, 0.25) is 15.9 Å². The minimum Gasteiger partial charge on any atom is -0.434 e. The molecule has 9 heteroatoms. The van der Waals surface area contributed by atoms with Gasteiger partial charge in [-0.25, -0.2) is 8.42 Å². The van der Waals surface area contributed by atoms with Gasteiger partial charge in [0.15, 0.2) is 0 Å². The van der Waals surface area contributed by atoms with Crippen LogP contribution in [-0.4, -0.2) is 37.8 Å².